The van der Waals surface area contributed by atoms with Crippen molar-refractivity contribution in [2.24, 2.45) is 0 Å². The molecule has 0 spiro atoms. The van der Waals surface area contributed by atoms with Crippen LogP contribution in [0.5, 0.6) is 0 Å². The standard InChI is InChI=1S/C18H22N2O7/c1-4-24-13(22)8-6-5-7-11-14-15(27-18(2,3)26-14)16(25-11)20-10-9-12(21)19-17(20)23/h5-11,14-16H,4H2,1-3H3,(H,19,21,23)/b7-5+,8-6+/t11-,14-,15-,16-/m1/s1. The quantitative estimate of drug-likeness (QED) is 0.455. The Kier molecular flexibility index (Phi) is 5.45. The number of carbonyl (C=O) groups is 1. The third kappa shape index (κ3) is 4.26. The number of nitrogens with one attached hydrogen (secondary N) is 1. The van der Waals surface area contributed by atoms with E-state index in [4.69, 9.17) is 18.9 Å². The van der Waals surface area contributed by atoms with Crippen LogP contribution >= 0.6 is 0 Å². The zero-order valence-corrected chi connectivity index (χ0v) is 15.3. The molecule has 3 heterocycles. The number of hydrogen-bond donors (Lipinski definition) is 1. The molecule has 1 aromatic rings. The third-order valence-electron chi connectivity index (χ3n) is 4.12. The van der Waals surface area contributed by atoms with E-state index in [0.29, 0.717) is 6.61 Å². The SMILES string of the molecule is CCOC(=O)/C=C/C=C/[C@H]1O[C@@H](n2ccc(=O)[nH]c2=O)[C@@H]2OC(C)(C)O[C@@H]21. The van der Waals surface area contributed by atoms with Gasteiger partial charge in [0, 0.05) is 18.3 Å². The van der Waals surface area contributed by atoms with Crippen molar-refractivity contribution >= 4 is 5.97 Å². The number of aromatic amines is 1. The molecule has 1 aromatic heterocycles. The lowest BCUT2D eigenvalue weighted by atomic mass is 10.1. The Balaban J connectivity index is 1.81. The molecule has 0 radical (unpaired) electrons. The molecule has 0 aliphatic carbocycles. The topological polar surface area (TPSA) is 109 Å². The second-order valence-corrected chi connectivity index (χ2v) is 6.57. The largest absolute Gasteiger partial charge is 0.463 e. The first-order chi connectivity index (χ1) is 12.8. The molecule has 0 bridgehead atoms. The van der Waals surface area contributed by atoms with Crippen molar-refractivity contribution in [1.82, 2.24) is 9.55 Å². The highest BCUT2D eigenvalue weighted by atomic mass is 16.8. The van der Waals surface area contributed by atoms with E-state index >= 15 is 0 Å². The molecule has 146 valence electrons. The molecule has 0 amide bonds. The maximum absolute atomic E-state index is 12.1. The van der Waals surface area contributed by atoms with Crippen molar-refractivity contribution in [3.63, 3.8) is 0 Å². The fourth-order valence-corrected chi connectivity index (χ4v) is 3.11. The second kappa shape index (κ2) is 7.63. The molecular weight excluding hydrogens is 356 g/mol. The molecule has 9 heteroatoms. The monoisotopic (exact) mass is 378 g/mol. The molecule has 0 unspecified atom stereocenters. The van der Waals surface area contributed by atoms with Crippen LogP contribution in [0.4, 0.5) is 0 Å². The molecule has 1 N–H and O–H groups in total. The summed E-state index contributed by atoms with van der Waals surface area (Å²) in [7, 11) is 0. The molecule has 27 heavy (non-hydrogen) atoms. The smallest absolute Gasteiger partial charge is 0.330 e. The molecule has 0 saturated carbocycles. The third-order valence-corrected chi connectivity index (χ3v) is 4.12. The van der Waals surface area contributed by atoms with E-state index in [9.17, 15) is 14.4 Å². The maximum Gasteiger partial charge on any atom is 0.330 e. The predicted octanol–water partition coefficient (Wildman–Crippen LogP) is 0.630. The van der Waals surface area contributed by atoms with Gasteiger partial charge in [0.25, 0.3) is 5.56 Å². The average Bonchev–Trinajstić information content (AvgIpc) is 3.06. The summed E-state index contributed by atoms with van der Waals surface area (Å²) < 4.78 is 23.8. The van der Waals surface area contributed by atoms with Crippen LogP contribution in [-0.4, -0.2) is 46.2 Å². The van der Waals surface area contributed by atoms with Gasteiger partial charge in [-0.05, 0) is 20.8 Å². The number of ether oxygens (including phenoxy) is 4. The van der Waals surface area contributed by atoms with E-state index in [1.54, 1.807) is 32.9 Å². The van der Waals surface area contributed by atoms with Crippen molar-refractivity contribution in [1.29, 1.82) is 0 Å². The molecule has 9 nitrogen and oxygen atoms in total. The molecule has 2 aliphatic rings. The van der Waals surface area contributed by atoms with Gasteiger partial charge in [-0.15, -0.1) is 0 Å². The Labute approximate surface area is 155 Å². The van der Waals surface area contributed by atoms with E-state index in [2.05, 4.69) is 4.98 Å². The highest BCUT2D eigenvalue weighted by molar-refractivity contribution is 5.82. The van der Waals surface area contributed by atoms with Gasteiger partial charge in [0.15, 0.2) is 12.0 Å². The van der Waals surface area contributed by atoms with E-state index < -0.39 is 47.5 Å². The van der Waals surface area contributed by atoms with E-state index in [0.717, 1.165) is 0 Å². The number of hydrogen-bond acceptors (Lipinski definition) is 7. The van der Waals surface area contributed by atoms with Gasteiger partial charge in [0.05, 0.1) is 6.61 Å². The lowest BCUT2D eigenvalue weighted by Crippen LogP contribution is -2.37. The summed E-state index contributed by atoms with van der Waals surface area (Å²) in [5, 5.41) is 0. The maximum atomic E-state index is 12.1. The first kappa shape index (κ1) is 19.3. The number of aromatic nitrogens is 2. The Morgan fingerprint density at radius 3 is 2.74 bits per heavy atom. The number of fused-ring (bicyclic) bond motifs is 1. The van der Waals surface area contributed by atoms with Crippen molar-refractivity contribution in [3.05, 3.63) is 57.4 Å². The fraction of sp³-hybridized carbons (Fsp3) is 0.500. The summed E-state index contributed by atoms with van der Waals surface area (Å²) in [5.41, 5.74) is -1.08. The van der Waals surface area contributed by atoms with Gasteiger partial charge in [-0.1, -0.05) is 18.2 Å². The van der Waals surface area contributed by atoms with Crippen LogP contribution < -0.4 is 11.2 Å². The number of H-pyrrole nitrogens is 1. The Hall–Kier alpha value is -2.49. The van der Waals surface area contributed by atoms with Crippen molar-refractivity contribution in [3.8, 4) is 0 Å². The van der Waals surface area contributed by atoms with Crippen molar-refractivity contribution in [2.75, 3.05) is 6.61 Å². The van der Waals surface area contributed by atoms with Crippen LogP contribution in [-0.2, 0) is 23.7 Å². The van der Waals surface area contributed by atoms with Gasteiger partial charge in [-0.25, -0.2) is 9.59 Å². The van der Waals surface area contributed by atoms with Crippen molar-refractivity contribution < 1.29 is 23.7 Å². The molecule has 2 fully saturated rings. The molecular formula is C18H22N2O7. The van der Waals surface area contributed by atoms with Gasteiger partial charge >= 0.3 is 11.7 Å². The van der Waals surface area contributed by atoms with Crippen molar-refractivity contribution in [2.45, 2.75) is 51.1 Å². The Morgan fingerprint density at radius 1 is 1.30 bits per heavy atom. The van der Waals surface area contributed by atoms with Crippen LogP contribution in [0.25, 0.3) is 0 Å². The summed E-state index contributed by atoms with van der Waals surface area (Å²) in [4.78, 5) is 37.0. The number of carbonyl (C=O) groups excluding carboxylic acids is 1. The molecule has 2 saturated heterocycles. The lowest BCUT2D eigenvalue weighted by molar-refractivity contribution is -0.192. The van der Waals surface area contributed by atoms with Gasteiger partial charge < -0.3 is 18.9 Å². The lowest BCUT2D eigenvalue weighted by Gasteiger charge is -2.24. The Morgan fingerprint density at radius 2 is 2.04 bits per heavy atom. The number of nitrogens with zero attached hydrogens (tertiary/aromatic N) is 1. The summed E-state index contributed by atoms with van der Waals surface area (Å²) in [6.07, 6.45) is 5.31. The number of rotatable bonds is 5. The first-order valence-electron chi connectivity index (χ1n) is 8.65. The molecule has 3 rings (SSSR count). The van der Waals surface area contributed by atoms with Gasteiger partial charge in [0.2, 0.25) is 0 Å². The molecule has 4 atom stereocenters. The van der Waals surface area contributed by atoms with E-state index in [1.165, 1.54) is 29.0 Å². The zero-order valence-electron chi connectivity index (χ0n) is 15.3. The summed E-state index contributed by atoms with van der Waals surface area (Å²) in [6.45, 7) is 5.59. The fourth-order valence-electron chi connectivity index (χ4n) is 3.11. The predicted molar refractivity (Wildman–Crippen MR) is 94.0 cm³/mol. The molecule has 2 aliphatic heterocycles. The highest BCUT2D eigenvalue weighted by Crippen LogP contribution is 2.42. The average molecular weight is 378 g/mol. The van der Waals surface area contributed by atoms with Crippen LogP contribution in [0.3, 0.4) is 0 Å². The summed E-state index contributed by atoms with van der Waals surface area (Å²) in [6, 6.07) is 1.24. The van der Waals surface area contributed by atoms with Gasteiger partial charge in [-0.3, -0.25) is 14.3 Å². The highest BCUT2D eigenvalue weighted by Gasteiger charge is 2.55. The van der Waals surface area contributed by atoms with Gasteiger partial charge in [0.1, 0.15) is 18.3 Å². The zero-order chi connectivity index (χ0) is 19.6. The normalized spacial score (nSPS) is 29.4. The summed E-state index contributed by atoms with van der Waals surface area (Å²) in [5.74, 6) is -1.28. The van der Waals surface area contributed by atoms with Crippen LogP contribution in [0.15, 0.2) is 46.2 Å². The minimum absolute atomic E-state index is 0.304. The van der Waals surface area contributed by atoms with Crippen LogP contribution in [0.1, 0.15) is 27.0 Å². The Bertz CT molecular complexity index is 867. The first-order valence-corrected chi connectivity index (χ1v) is 8.65. The van der Waals surface area contributed by atoms with Gasteiger partial charge in [-0.2, -0.15) is 0 Å². The minimum Gasteiger partial charge on any atom is -0.463 e. The number of allylic oxidation sites excluding steroid dienone is 2. The van der Waals surface area contributed by atoms with E-state index in [1.807, 2.05) is 0 Å². The summed E-state index contributed by atoms with van der Waals surface area (Å²) >= 11 is 0. The van der Waals surface area contributed by atoms with Crippen LogP contribution in [0.2, 0.25) is 0 Å². The number of esters is 1. The minimum atomic E-state index is -0.837. The van der Waals surface area contributed by atoms with E-state index in [-0.39, 0.29) is 0 Å². The molecule has 0 aromatic carbocycles. The van der Waals surface area contributed by atoms with Crippen LogP contribution in [0, 0.1) is 0 Å². The second-order valence-electron chi connectivity index (χ2n) is 6.57.